The molecule has 46 heavy (non-hydrogen) atoms. The predicted molar refractivity (Wildman–Crippen MR) is 177 cm³/mol. The van der Waals surface area contributed by atoms with E-state index in [0.29, 0.717) is 5.75 Å². The first-order chi connectivity index (χ1) is 22.3. The third kappa shape index (κ3) is 7.41. The van der Waals surface area contributed by atoms with Crippen LogP contribution >= 0.6 is 11.8 Å². The van der Waals surface area contributed by atoms with Crippen molar-refractivity contribution in [3.63, 3.8) is 0 Å². The number of ether oxygens (including phenoxy) is 2. The molecular formula is C35H36N4O5S2. The number of nitrogens with one attached hydrogen (secondary N) is 1. The van der Waals surface area contributed by atoms with E-state index in [1.54, 1.807) is 48.4 Å². The van der Waals surface area contributed by atoms with Gasteiger partial charge in [-0.15, -0.1) is 10.2 Å². The molecule has 1 aliphatic heterocycles. The Bertz CT molecular complexity index is 1870. The Morgan fingerprint density at radius 2 is 1.61 bits per heavy atom. The Labute approximate surface area is 273 Å². The predicted octanol–water partition coefficient (Wildman–Crippen LogP) is 6.04. The first-order valence-electron chi connectivity index (χ1n) is 15.0. The fraction of sp³-hybridized carbons (Fsp3) is 0.257. The summed E-state index contributed by atoms with van der Waals surface area (Å²) in [6, 6.07) is 32.1. The Kier molecular flexibility index (Phi) is 9.98. The molecule has 0 spiro atoms. The highest BCUT2D eigenvalue weighted by Gasteiger charge is 2.38. The summed E-state index contributed by atoms with van der Waals surface area (Å²) in [6.45, 7) is 2.28. The third-order valence-corrected chi connectivity index (χ3v) is 10.6. The van der Waals surface area contributed by atoms with Crippen molar-refractivity contribution in [2.45, 2.75) is 48.6 Å². The molecule has 2 N–H and O–H groups in total. The molecular weight excluding hydrogens is 621 g/mol. The molecule has 6 rings (SSSR count). The molecule has 0 aliphatic carbocycles. The van der Waals surface area contributed by atoms with Crippen molar-refractivity contribution < 1.29 is 23.0 Å². The average molecular weight is 657 g/mol. The second-order valence-electron chi connectivity index (χ2n) is 11.3. The number of aromatic nitrogens is 3. The summed E-state index contributed by atoms with van der Waals surface area (Å²) in [7, 11) is -1.71. The quantitative estimate of drug-likeness (QED) is 0.166. The lowest BCUT2D eigenvalue weighted by atomic mass is 9.91. The van der Waals surface area contributed by atoms with Crippen LogP contribution in [0.25, 0.3) is 11.1 Å². The molecule has 4 atom stereocenters. The number of rotatable bonds is 11. The maximum atomic E-state index is 12.8. The normalized spacial score (nSPS) is 20.1. The molecule has 238 valence electrons. The van der Waals surface area contributed by atoms with E-state index in [-0.39, 0.29) is 36.2 Å². The SMILES string of the molecule is C[C@H]1[C@@H](CSc2nncn2C)O[C@@H](c2cccc(-c3cccc(CNS(=O)(=O)c4ccccc4)c3)c2)O[C@H]1c1ccc(CO)cc1. The van der Waals surface area contributed by atoms with Crippen LogP contribution in [0.15, 0.2) is 120 Å². The van der Waals surface area contributed by atoms with Gasteiger partial charge < -0.3 is 19.1 Å². The van der Waals surface area contributed by atoms with Gasteiger partial charge in [0.25, 0.3) is 0 Å². The summed E-state index contributed by atoms with van der Waals surface area (Å²) in [6.07, 6.45) is 0.683. The van der Waals surface area contributed by atoms with Crippen LogP contribution in [-0.4, -0.2) is 40.1 Å². The van der Waals surface area contributed by atoms with Gasteiger partial charge in [0.15, 0.2) is 11.4 Å². The molecule has 1 aromatic heterocycles. The highest BCUT2D eigenvalue weighted by Crippen LogP contribution is 2.43. The molecule has 11 heteroatoms. The average Bonchev–Trinajstić information content (AvgIpc) is 3.51. The van der Waals surface area contributed by atoms with Crippen LogP contribution in [0.3, 0.4) is 0 Å². The zero-order valence-electron chi connectivity index (χ0n) is 25.6. The maximum absolute atomic E-state index is 12.8. The third-order valence-electron chi connectivity index (χ3n) is 8.11. The Hall–Kier alpha value is -3.84. The fourth-order valence-corrected chi connectivity index (χ4v) is 7.55. The second-order valence-corrected chi connectivity index (χ2v) is 14.1. The Balaban J connectivity index is 1.23. The van der Waals surface area contributed by atoms with E-state index in [0.717, 1.165) is 38.5 Å². The number of sulfonamides is 1. The molecule has 9 nitrogen and oxygen atoms in total. The van der Waals surface area contributed by atoms with Gasteiger partial charge in [-0.25, -0.2) is 13.1 Å². The van der Waals surface area contributed by atoms with Crippen LogP contribution in [0, 0.1) is 5.92 Å². The van der Waals surface area contributed by atoms with Crippen molar-refractivity contribution in [1.82, 2.24) is 19.5 Å². The van der Waals surface area contributed by atoms with E-state index in [4.69, 9.17) is 9.47 Å². The van der Waals surface area contributed by atoms with Crippen molar-refractivity contribution in [3.8, 4) is 11.1 Å². The van der Waals surface area contributed by atoms with Gasteiger partial charge in [0.05, 0.1) is 23.7 Å². The molecule has 0 unspecified atom stereocenters. The maximum Gasteiger partial charge on any atom is 0.240 e. The van der Waals surface area contributed by atoms with E-state index in [1.807, 2.05) is 78.3 Å². The van der Waals surface area contributed by atoms with Crippen molar-refractivity contribution in [3.05, 3.63) is 132 Å². The summed E-state index contributed by atoms with van der Waals surface area (Å²) in [5.74, 6) is 0.704. The molecule has 0 bridgehead atoms. The molecule has 1 fully saturated rings. The lowest BCUT2D eigenvalue weighted by molar-refractivity contribution is -0.268. The van der Waals surface area contributed by atoms with Crippen molar-refractivity contribution in [2.24, 2.45) is 13.0 Å². The molecule has 4 aromatic carbocycles. The summed E-state index contributed by atoms with van der Waals surface area (Å²) in [5, 5.41) is 18.6. The van der Waals surface area contributed by atoms with Crippen LogP contribution < -0.4 is 4.72 Å². The minimum atomic E-state index is -3.63. The lowest BCUT2D eigenvalue weighted by Crippen LogP contribution is -2.38. The number of thioether (sulfide) groups is 1. The number of aliphatic hydroxyl groups excluding tert-OH is 1. The molecule has 5 aromatic rings. The number of aliphatic hydroxyl groups is 1. The monoisotopic (exact) mass is 656 g/mol. The number of benzene rings is 4. The van der Waals surface area contributed by atoms with E-state index in [2.05, 4.69) is 27.9 Å². The standard InChI is InChI=1S/C35H36N4O5S2/c1-24-32(22-45-35-38-36-23-39(35)2)43-34(44-33(24)27-16-14-25(21-40)15-17-27)30-11-7-10-29(19-30)28-9-6-8-26(18-28)20-37-46(41,42)31-12-4-3-5-13-31/h3-19,23-24,32-34,37,40H,20-22H2,1-2H3/t24-,32+,33+,34+/m0/s1. The zero-order chi connectivity index (χ0) is 32.1. The first-order valence-corrected chi connectivity index (χ1v) is 17.5. The van der Waals surface area contributed by atoms with Gasteiger partial charge in [0.2, 0.25) is 10.0 Å². The van der Waals surface area contributed by atoms with Crippen molar-refractivity contribution in [1.29, 1.82) is 0 Å². The van der Waals surface area contributed by atoms with Crippen molar-refractivity contribution >= 4 is 21.8 Å². The van der Waals surface area contributed by atoms with Gasteiger partial charge >= 0.3 is 0 Å². The minimum absolute atomic E-state index is 0.0169. The topological polar surface area (TPSA) is 116 Å². The van der Waals surface area contributed by atoms with Gasteiger partial charge in [-0.2, -0.15) is 0 Å². The highest BCUT2D eigenvalue weighted by atomic mass is 32.2. The molecule has 1 saturated heterocycles. The van der Waals surface area contributed by atoms with Crippen LogP contribution in [0.4, 0.5) is 0 Å². The molecule has 1 aliphatic rings. The van der Waals surface area contributed by atoms with Gasteiger partial charge in [0.1, 0.15) is 6.33 Å². The molecule has 2 heterocycles. The van der Waals surface area contributed by atoms with E-state index < -0.39 is 16.3 Å². The van der Waals surface area contributed by atoms with E-state index >= 15 is 0 Å². The molecule has 0 saturated carbocycles. The minimum Gasteiger partial charge on any atom is -0.392 e. The molecule has 0 radical (unpaired) electrons. The first kappa shape index (κ1) is 32.1. The summed E-state index contributed by atoms with van der Waals surface area (Å²) in [4.78, 5) is 0.233. The zero-order valence-corrected chi connectivity index (χ0v) is 27.2. The highest BCUT2D eigenvalue weighted by molar-refractivity contribution is 7.99. The van der Waals surface area contributed by atoms with E-state index in [1.165, 1.54) is 0 Å². The van der Waals surface area contributed by atoms with E-state index in [9.17, 15) is 13.5 Å². The van der Waals surface area contributed by atoms with Gasteiger partial charge in [-0.3, -0.25) is 0 Å². The number of hydrogen-bond acceptors (Lipinski definition) is 8. The summed E-state index contributed by atoms with van der Waals surface area (Å²) < 4.78 is 43.4. The number of hydrogen-bond donors (Lipinski definition) is 2. The largest absolute Gasteiger partial charge is 0.392 e. The summed E-state index contributed by atoms with van der Waals surface area (Å²) >= 11 is 1.60. The molecule has 0 amide bonds. The van der Waals surface area contributed by atoms with Crippen LogP contribution in [0.2, 0.25) is 0 Å². The Morgan fingerprint density at radius 1 is 0.870 bits per heavy atom. The smallest absolute Gasteiger partial charge is 0.240 e. The van der Waals surface area contributed by atoms with Crippen LogP contribution in [0.1, 0.15) is 41.6 Å². The number of aryl methyl sites for hydroxylation is 1. The van der Waals surface area contributed by atoms with Crippen LogP contribution in [0.5, 0.6) is 0 Å². The number of nitrogens with zero attached hydrogens (tertiary/aromatic N) is 3. The lowest BCUT2D eigenvalue weighted by Gasteiger charge is -2.41. The fourth-order valence-electron chi connectivity index (χ4n) is 5.46. The van der Waals surface area contributed by atoms with Gasteiger partial charge in [0, 0.05) is 30.8 Å². The van der Waals surface area contributed by atoms with Crippen LogP contribution in [-0.2, 0) is 39.7 Å². The Morgan fingerprint density at radius 3 is 2.33 bits per heavy atom. The second kappa shape index (κ2) is 14.3. The summed E-state index contributed by atoms with van der Waals surface area (Å²) in [5.41, 5.74) is 5.50. The van der Waals surface area contributed by atoms with Gasteiger partial charge in [-0.05, 0) is 52.1 Å². The van der Waals surface area contributed by atoms with Gasteiger partial charge in [-0.1, -0.05) is 97.5 Å². The van der Waals surface area contributed by atoms with Crippen molar-refractivity contribution in [2.75, 3.05) is 5.75 Å².